The molecular formula is C11H18FN3. The number of hydrogen-bond donors (Lipinski definition) is 2. The quantitative estimate of drug-likeness (QED) is 0.729. The highest BCUT2D eigenvalue weighted by Crippen LogP contribution is 2.16. The summed E-state index contributed by atoms with van der Waals surface area (Å²) in [4.78, 5) is 2.15. The zero-order chi connectivity index (χ0) is 11.3. The molecule has 15 heavy (non-hydrogen) atoms. The van der Waals surface area contributed by atoms with Crippen LogP contribution in [0.3, 0.4) is 0 Å². The van der Waals surface area contributed by atoms with Crippen LogP contribution in [0.15, 0.2) is 18.2 Å². The van der Waals surface area contributed by atoms with E-state index in [1.807, 2.05) is 7.05 Å². The Morgan fingerprint density at radius 3 is 2.80 bits per heavy atom. The molecule has 0 fully saturated rings. The molecule has 0 saturated heterocycles. The van der Waals surface area contributed by atoms with Crippen LogP contribution in [0.5, 0.6) is 0 Å². The van der Waals surface area contributed by atoms with Crippen molar-refractivity contribution in [3.05, 3.63) is 24.0 Å². The third-order valence-electron chi connectivity index (χ3n) is 2.34. The number of nitrogen functional groups attached to an aromatic ring is 1. The molecule has 0 atom stereocenters. The largest absolute Gasteiger partial charge is 0.399 e. The molecule has 1 rings (SSSR count). The molecule has 3 N–H and O–H groups in total. The lowest BCUT2D eigenvalue weighted by atomic mass is 10.2. The molecule has 4 heteroatoms. The van der Waals surface area contributed by atoms with E-state index >= 15 is 0 Å². The Morgan fingerprint density at radius 1 is 1.47 bits per heavy atom. The molecule has 84 valence electrons. The minimum atomic E-state index is -0.297. The highest BCUT2D eigenvalue weighted by Gasteiger charge is 2.01. The van der Waals surface area contributed by atoms with Crippen LogP contribution in [0.2, 0.25) is 0 Å². The fourth-order valence-electron chi connectivity index (χ4n) is 1.21. The van der Waals surface area contributed by atoms with Crippen molar-refractivity contribution < 1.29 is 4.39 Å². The van der Waals surface area contributed by atoms with Crippen LogP contribution in [-0.2, 0) is 0 Å². The Labute approximate surface area is 90.1 Å². The maximum absolute atomic E-state index is 13.3. The van der Waals surface area contributed by atoms with Gasteiger partial charge in [-0.25, -0.2) is 4.39 Å². The summed E-state index contributed by atoms with van der Waals surface area (Å²) in [7, 11) is 2.03. The van der Waals surface area contributed by atoms with Gasteiger partial charge in [0.25, 0.3) is 0 Å². The molecule has 0 unspecified atom stereocenters. The third kappa shape index (κ3) is 3.75. The number of hydrogen-bond acceptors (Lipinski definition) is 3. The van der Waals surface area contributed by atoms with Gasteiger partial charge in [-0.3, -0.25) is 0 Å². The minimum absolute atomic E-state index is 0.297. The molecule has 0 aliphatic heterocycles. The van der Waals surface area contributed by atoms with Crippen molar-refractivity contribution in [2.75, 3.05) is 37.7 Å². The molecule has 3 nitrogen and oxygen atoms in total. The van der Waals surface area contributed by atoms with Gasteiger partial charge >= 0.3 is 0 Å². The number of rotatable bonds is 5. The van der Waals surface area contributed by atoms with E-state index in [0.29, 0.717) is 11.4 Å². The molecule has 0 saturated carbocycles. The predicted molar refractivity (Wildman–Crippen MR) is 62.5 cm³/mol. The highest BCUT2D eigenvalue weighted by molar-refractivity contribution is 5.52. The number of anilines is 2. The fraction of sp³-hybridized carbons (Fsp3) is 0.455. The summed E-state index contributed by atoms with van der Waals surface area (Å²) in [6.45, 7) is 4.70. The first-order chi connectivity index (χ1) is 7.13. The molecule has 0 aliphatic carbocycles. The molecular weight excluding hydrogens is 193 g/mol. The van der Waals surface area contributed by atoms with Crippen molar-refractivity contribution in [1.82, 2.24) is 4.90 Å². The minimum Gasteiger partial charge on any atom is -0.399 e. The molecule has 0 aliphatic rings. The molecule has 0 radical (unpaired) electrons. The van der Waals surface area contributed by atoms with E-state index in [1.165, 1.54) is 6.07 Å². The maximum Gasteiger partial charge on any atom is 0.148 e. The lowest BCUT2D eigenvalue weighted by Crippen LogP contribution is -2.24. The van der Waals surface area contributed by atoms with Crippen LogP contribution in [-0.4, -0.2) is 31.6 Å². The summed E-state index contributed by atoms with van der Waals surface area (Å²) >= 11 is 0. The number of nitrogens with two attached hydrogens (primary N) is 1. The standard InChI is InChI=1S/C11H18FN3/c1-3-15(2)7-6-14-11-5-4-9(13)8-10(11)12/h4-5,8,14H,3,6-7,13H2,1-2H3. The van der Waals surface area contributed by atoms with Gasteiger partial charge in [-0.15, -0.1) is 0 Å². The molecule has 0 aromatic heterocycles. The van der Waals surface area contributed by atoms with Crippen molar-refractivity contribution in [3.63, 3.8) is 0 Å². The van der Waals surface area contributed by atoms with Crippen molar-refractivity contribution in [3.8, 4) is 0 Å². The smallest absolute Gasteiger partial charge is 0.148 e. The Morgan fingerprint density at radius 2 is 2.20 bits per heavy atom. The summed E-state index contributed by atoms with van der Waals surface area (Å²) in [6, 6.07) is 4.68. The maximum atomic E-state index is 13.3. The Hall–Kier alpha value is -1.29. The number of halogens is 1. The van der Waals surface area contributed by atoms with Crippen molar-refractivity contribution in [2.45, 2.75) is 6.92 Å². The summed E-state index contributed by atoms with van der Waals surface area (Å²) in [5.74, 6) is -0.297. The normalized spacial score (nSPS) is 10.7. The van der Waals surface area contributed by atoms with Gasteiger partial charge in [-0.05, 0) is 31.8 Å². The zero-order valence-electron chi connectivity index (χ0n) is 9.26. The van der Waals surface area contributed by atoms with Gasteiger partial charge in [0, 0.05) is 18.8 Å². The lowest BCUT2D eigenvalue weighted by molar-refractivity contribution is 0.367. The number of nitrogens with one attached hydrogen (secondary N) is 1. The molecule has 0 amide bonds. The van der Waals surface area contributed by atoms with Gasteiger partial charge in [0.1, 0.15) is 5.82 Å². The summed E-state index contributed by atoms with van der Waals surface area (Å²) in [6.07, 6.45) is 0. The Kier molecular flexibility index (Phi) is 4.37. The average molecular weight is 211 g/mol. The van der Waals surface area contributed by atoms with Crippen molar-refractivity contribution >= 4 is 11.4 Å². The Bertz CT molecular complexity index is 315. The van der Waals surface area contributed by atoms with Crippen LogP contribution < -0.4 is 11.1 Å². The van der Waals surface area contributed by atoms with E-state index in [1.54, 1.807) is 12.1 Å². The summed E-state index contributed by atoms with van der Waals surface area (Å²) < 4.78 is 13.3. The van der Waals surface area contributed by atoms with E-state index in [0.717, 1.165) is 19.6 Å². The zero-order valence-corrected chi connectivity index (χ0v) is 9.26. The van der Waals surface area contributed by atoms with Crippen LogP contribution in [0, 0.1) is 5.82 Å². The number of benzene rings is 1. The molecule has 0 heterocycles. The highest BCUT2D eigenvalue weighted by atomic mass is 19.1. The van der Waals surface area contributed by atoms with E-state index < -0.39 is 0 Å². The van der Waals surface area contributed by atoms with Gasteiger partial charge in [-0.2, -0.15) is 0 Å². The van der Waals surface area contributed by atoms with E-state index in [-0.39, 0.29) is 5.82 Å². The van der Waals surface area contributed by atoms with E-state index in [9.17, 15) is 4.39 Å². The van der Waals surface area contributed by atoms with E-state index in [4.69, 9.17) is 5.73 Å². The van der Waals surface area contributed by atoms with E-state index in [2.05, 4.69) is 17.1 Å². The van der Waals surface area contributed by atoms with Gasteiger partial charge in [-0.1, -0.05) is 6.92 Å². The average Bonchev–Trinajstić information content (AvgIpc) is 2.21. The fourth-order valence-corrected chi connectivity index (χ4v) is 1.21. The van der Waals surface area contributed by atoms with Gasteiger partial charge in [0.05, 0.1) is 5.69 Å². The first-order valence-corrected chi connectivity index (χ1v) is 5.11. The third-order valence-corrected chi connectivity index (χ3v) is 2.34. The van der Waals surface area contributed by atoms with Gasteiger partial charge in [0.2, 0.25) is 0 Å². The first kappa shape index (κ1) is 11.8. The molecule has 1 aromatic carbocycles. The van der Waals surface area contributed by atoms with Gasteiger partial charge < -0.3 is 16.0 Å². The van der Waals surface area contributed by atoms with Crippen LogP contribution in [0.4, 0.5) is 15.8 Å². The second kappa shape index (κ2) is 5.56. The number of likely N-dealkylation sites (N-methyl/N-ethyl adjacent to an activating group) is 1. The van der Waals surface area contributed by atoms with Gasteiger partial charge in [0.15, 0.2) is 0 Å². The van der Waals surface area contributed by atoms with Crippen LogP contribution >= 0.6 is 0 Å². The van der Waals surface area contributed by atoms with Crippen LogP contribution in [0.25, 0.3) is 0 Å². The predicted octanol–water partition coefficient (Wildman–Crippen LogP) is 1.77. The monoisotopic (exact) mass is 211 g/mol. The lowest BCUT2D eigenvalue weighted by Gasteiger charge is -2.15. The second-order valence-electron chi connectivity index (χ2n) is 3.56. The molecule has 0 bridgehead atoms. The molecule has 1 aromatic rings. The van der Waals surface area contributed by atoms with Crippen LogP contribution in [0.1, 0.15) is 6.92 Å². The summed E-state index contributed by atoms with van der Waals surface area (Å²) in [5.41, 5.74) is 6.41. The topological polar surface area (TPSA) is 41.3 Å². The second-order valence-corrected chi connectivity index (χ2v) is 3.56. The SMILES string of the molecule is CCN(C)CCNc1ccc(N)cc1F. The molecule has 0 spiro atoms. The van der Waals surface area contributed by atoms with Crippen molar-refractivity contribution in [2.24, 2.45) is 0 Å². The first-order valence-electron chi connectivity index (χ1n) is 5.11. The number of nitrogens with zero attached hydrogens (tertiary/aromatic N) is 1. The van der Waals surface area contributed by atoms with Crippen molar-refractivity contribution in [1.29, 1.82) is 0 Å². The Balaban J connectivity index is 2.44. The summed E-state index contributed by atoms with van der Waals surface area (Å²) in [5, 5.41) is 3.03.